The van der Waals surface area contributed by atoms with Crippen LogP contribution in [-0.2, 0) is 6.42 Å². The van der Waals surface area contributed by atoms with E-state index in [1.54, 1.807) is 0 Å². The van der Waals surface area contributed by atoms with Gasteiger partial charge in [0.25, 0.3) is 0 Å². The zero-order valence-electron chi connectivity index (χ0n) is 7.64. The molecule has 90 valence electrons. The molecule has 7 heteroatoms. The first-order valence-corrected chi connectivity index (χ1v) is 4.10. The minimum atomic E-state index is -2.32. The Kier molecular flexibility index (Phi) is 3.77. The van der Waals surface area contributed by atoms with E-state index >= 15 is 0 Å². The van der Waals surface area contributed by atoms with E-state index in [4.69, 9.17) is 0 Å². The molecule has 0 radical (unpaired) electrons. The zero-order valence-corrected chi connectivity index (χ0v) is 7.64. The molecule has 0 amide bonds. The number of rotatable bonds is 3. The molecule has 0 aliphatic heterocycles. The van der Waals surface area contributed by atoms with Crippen molar-refractivity contribution < 1.29 is 30.7 Å². The van der Waals surface area contributed by atoms with E-state index < -0.39 is 53.9 Å². The second-order valence-electron chi connectivity index (χ2n) is 3.00. The topological polar surface area (TPSA) is 0 Å². The van der Waals surface area contributed by atoms with Crippen LogP contribution in [0.2, 0.25) is 0 Å². The summed E-state index contributed by atoms with van der Waals surface area (Å²) in [6.07, 6.45) is -3.52. The van der Waals surface area contributed by atoms with Crippen LogP contribution in [-0.4, -0.2) is 12.8 Å². The summed E-state index contributed by atoms with van der Waals surface area (Å²) < 4.78 is 87.7. The average molecular weight is 246 g/mol. The summed E-state index contributed by atoms with van der Waals surface area (Å²) in [5.74, 6) is -10.9. The fourth-order valence-corrected chi connectivity index (χ4v) is 1.11. The van der Waals surface area contributed by atoms with Crippen LogP contribution >= 0.6 is 0 Å². The lowest BCUT2D eigenvalue weighted by Gasteiger charge is -2.09. The minimum absolute atomic E-state index is 1.21. The van der Waals surface area contributed by atoms with Crippen molar-refractivity contribution in [2.75, 3.05) is 6.67 Å². The van der Waals surface area contributed by atoms with Crippen molar-refractivity contribution in [3.05, 3.63) is 34.6 Å². The molecule has 0 heterocycles. The normalized spacial score (nSPS) is 12.9. The van der Waals surface area contributed by atoms with Gasteiger partial charge in [-0.1, -0.05) is 0 Å². The van der Waals surface area contributed by atoms with Gasteiger partial charge in [-0.15, -0.1) is 0 Å². The van der Waals surface area contributed by atoms with Gasteiger partial charge < -0.3 is 0 Å². The highest BCUT2D eigenvalue weighted by Gasteiger charge is 2.27. The number of benzene rings is 1. The molecule has 0 aliphatic carbocycles. The third-order valence-electron chi connectivity index (χ3n) is 1.89. The van der Waals surface area contributed by atoms with Crippen molar-refractivity contribution in [3.63, 3.8) is 0 Å². The summed E-state index contributed by atoms with van der Waals surface area (Å²) in [5, 5.41) is 0. The molecule has 1 atom stereocenters. The van der Waals surface area contributed by atoms with E-state index in [1.807, 2.05) is 0 Å². The Morgan fingerprint density at radius 2 is 1.12 bits per heavy atom. The molecule has 1 rings (SSSR count). The van der Waals surface area contributed by atoms with Crippen LogP contribution in [0.15, 0.2) is 0 Å². The molecule has 0 saturated heterocycles. The third kappa shape index (κ3) is 2.12. The minimum Gasteiger partial charge on any atom is -0.248 e. The van der Waals surface area contributed by atoms with E-state index in [0.717, 1.165) is 0 Å². The molecule has 1 unspecified atom stereocenters. The smallest absolute Gasteiger partial charge is 0.200 e. The molecule has 0 bridgehead atoms. The second kappa shape index (κ2) is 4.71. The highest BCUT2D eigenvalue weighted by Crippen LogP contribution is 2.24. The summed E-state index contributed by atoms with van der Waals surface area (Å²) in [6, 6.07) is 0. The van der Waals surface area contributed by atoms with Crippen LogP contribution in [0.3, 0.4) is 0 Å². The Morgan fingerprint density at radius 1 is 0.750 bits per heavy atom. The van der Waals surface area contributed by atoms with E-state index in [0.29, 0.717) is 0 Å². The Bertz CT molecular complexity index is 372. The van der Waals surface area contributed by atoms with Gasteiger partial charge in [-0.05, 0) is 0 Å². The molecule has 0 fully saturated rings. The Labute approximate surface area is 85.7 Å². The van der Waals surface area contributed by atoms with Crippen LogP contribution < -0.4 is 0 Å². The number of alkyl halides is 2. The van der Waals surface area contributed by atoms with Crippen LogP contribution in [0.4, 0.5) is 30.7 Å². The van der Waals surface area contributed by atoms with Crippen molar-refractivity contribution in [2.24, 2.45) is 0 Å². The fourth-order valence-electron chi connectivity index (χ4n) is 1.11. The maximum Gasteiger partial charge on any atom is 0.200 e. The number of hydrogen-bond donors (Lipinski definition) is 0. The fraction of sp³-hybridized carbons (Fsp3) is 0.333. The lowest BCUT2D eigenvalue weighted by molar-refractivity contribution is 0.252. The molecule has 0 saturated carbocycles. The quantitative estimate of drug-likeness (QED) is 0.436. The molecule has 0 aliphatic rings. The summed E-state index contributed by atoms with van der Waals surface area (Å²) in [4.78, 5) is 0. The van der Waals surface area contributed by atoms with Gasteiger partial charge in [0.2, 0.25) is 5.82 Å². The van der Waals surface area contributed by atoms with E-state index in [-0.39, 0.29) is 0 Å². The molecule has 0 nitrogen and oxygen atoms in total. The first-order valence-electron chi connectivity index (χ1n) is 4.10. The molecule has 0 N–H and O–H groups in total. The maximum absolute atomic E-state index is 12.9. The molecule has 0 aromatic heterocycles. The summed E-state index contributed by atoms with van der Waals surface area (Å²) in [6.45, 7) is -1.57. The van der Waals surface area contributed by atoms with Gasteiger partial charge in [0.1, 0.15) is 12.8 Å². The van der Waals surface area contributed by atoms with Gasteiger partial charge in [-0.2, -0.15) is 0 Å². The van der Waals surface area contributed by atoms with Crippen LogP contribution in [0.5, 0.6) is 0 Å². The summed E-state index contributed by atoms with van der Waals surface area (Å²) in [5.41, 5.74) is -1.35. The van der Waals surface area contributed by atoms with Gasteiger partial charge >= 0.3 is 0 Å². The molecule has 1 aromatic rings. The van der Waals surface area contributed by atoms with Crippen molar-refractivity contribution in [2.45, 2.75) is 12.6 Å². The van der Waals surface area contributed by atoms with Gasteiger partial charge in [-0.3, -0.25) is 0 Å². The summed E-state index contributed by atoms with van der Waals surface area (Å²) >= 11 is 0. The predicted octanol–water partition coefficient (Wildman–Crippen LogP) is 3.23. The highest BCUT2D eigenvalue weighted by molar-refractivity contribution is 5.24. The monoisotopic (exact) mass is 246 g/mol. The Hall–Kier alpha value is -1.27. The average Bonchev–Trinajstić information content (AvgIpc) is 2.29. The van der Waals surface area contributed by atoms with Crippen LogP contribution in [0, 0.1) is 29.1 Å². The maximum atomic E-state index is 12.9. The summed E-state index contributed by atoms with van der Waals surface area (Å²) in [7, 11) is 0. The van der Waals surface area contributed by atoms with Gasteiger partial charge in [0.15, 0.2) is 23.3 Å². The molecule has 1 aromatic carbocycles. The standard InChI is InChI=1S/C9H5F7/c10-2-3(11)1-4-5(12)7(14)9(16)8(15)6(4)13/h3H,1-2H2. The van der Waals surface area contributed by atoms with E-state index in [2.05, 4.69) is 0 Å². The zero-order chi connectivity index (χ0) is 12.5. The molecular formula is C9H5F7. The highest BCUT2D eigenvalue weighted by atomic mass is 19.2. The van der Waals surface area contributed by atoms with E-state index in [9.17, 15) is 30.7 Å². The van der Waals surface area contributed by atoms with Crippen molar-refractivity contribution in [1.82, 2.24) is 0 Å². The molecular weight excluding hydrogens is 241 g/mol. The van der Waals surface area contributed by atoms with Crippen molar-refractivity contribution in [3.8, 4) is 0 Å². The van der Waals surface area contributed by atoms with Gasteiger partial charge in [0, 0.05) is 12.0 Å². The predicted molar refractivity (Wildman–Crippen MR) is 40.8 cm³/mol. The first kappa shape index (κ1) is 12.8. The number of hydrogen-bond acceptors (Lipinski definition) is 0. The second-order valence-corrected chi connectivity index (χ2v) is 3.00. The van der Waals surface area contributed by atoms with Crippen LogP contribution in [0.25, 0.3) is 0 Å². The lowest BCUT2D eigenvalue weighted by atomic mass is 10.1. The molecule has 0 spiro atoms. The Morgan fingerprint density at radius 3 is 1.50 bits per heavy atom. The SMILES string of the molecule is FCC(F)Cc1c(F)c(F)c(F)c(F)c1F. The largest absolute Gasteiger partial charge is 0.248 e. The first-order chi connectivity index (χ1) is 7.40. The third-order valence-corrected chi connectivity index (χ3v) is 1.89. The van der Waals surface area contributed by atoms with Gasteiger partial charge in [-0.25, -0.2) is 30.7 Å². The van der Waals surface area contributed by atoms with E-state index in [1.165, 1.54) is 0 Å². The van der Waals surface area contributed by atoms with Crippen molar-refractivity contribution >= 4 is 0 Å². The Balaban J connectivity index is 3.28. The van der Waals surface area contributed by atoms with Crippen molar-refractivity contribution in [1.29, 1.82) is 0 Å². The number of halogens is 7. The lowest BCUT2D eigenvalue weighted by Crippen LogP contribution is -2.14. The van der Waals surface area contributed by atoms with Gasteiger partial charge in [0.05, 0.1) is 0 Å². The van der Waals surface area contributed by atoms with Crippen LogP contribution in [0.1, 0.15) is 5.56 Å². The molecule has 16 heavy (non-hydrogen) atoms.